The highest BCUT2D eigenvalue weighted by molar-refractivity contribution is 9.10. The van der Waals surface area contributed by atoms with Crippen molar-refractivity contribution >= 4 is 39.3 Å². The van der Waals surface area contributed by atoms with E-state index in [1.54, 1.807) is 6.20 Å². The predicted octanol–water partition coefficient (Wildman–Crippen LogP) is 1.58. The van der Waals surface area contributed by atoms with Gasteiger partial charge in [-0.05, 0) is 40.4 Å². The van der Waals surface area contributed by atoms with Crippen LogP contribution in [0.15, 0.2) is 10.7 Å². The first-order valence-corrected chi connectivity index (χ1v) is 6.06. The van der Waals surface area contributed by atoms with Gasteiger partial charge in [-0.3, -0.25) is 4.79 Å². The molecule has 16 heavy (non-hydrogen) atoms. The predicted molar refractivity (Wildman–Crippen MR) is 64.4 cm³/mol. The molecule has 1 aliphatic heterocycles. The Bertz CT molecular complexity index is 414. The van der Waals surface area contributed by atoms with Gasteiger partial charge in [0.05, 0.1) is 4.47 Å². The minimum absolute atomic E-state index is 0.00659. The summed E-state index contributed by atoms with van der Waals surface area (Å²) in [6.07, 6.45) is 3.30. The van der Waals surface area contributed by atoms with Crippen LogP contribution < -0.4 is 10.6 Å². The number of aromatic nitrogens is 2. The van der Waals surface area contributed by atoms with Crippen LogP contribution in [0, 0.1) is 0 Å². The van der Waals surface area contributed by atoms with E-state index < -0.39 is 0 Å². The SMILES string of the molecule is O=C1NCCCC1Nc1nc(Cl)ncc1Br. The van der Waals surface area contributed by atoms with E-state index in [0.29, 0.717) is 10.3 Å². The number of carbonyl (C=O) groups excluding carboxylic acids is 1. The molecule has 86 valence electrons. The van der Waals surface area contributed by atoms with Gasteiger partial charge in [-0.1, -0.05) is 0 Å². The molecule has 0 saturated carbocycles. The van der Waals surface area contributed by atoms with Crippen LogP contribution in [-0.2, 0) is 4.79 Å². The van der Waals surface area contributed by atoms with E-state index in [-0.39, 0.29) is 17.2 Å². The Balaban J connectivity index is 2.13. The summed E-state index contributed by atoms with van der Waals surface area (Å²) in [5, 5.41) is 5.99. The molecular formula is C9H10BrClN4O. The van der Waals surface area contributed by atoms with Gasteiger partial charge in [0.1, 0.15) is 11.9 Å². The zero-order valence-electron chi connectivity index (χ0n) is 8.33. The molecule has 5 nitrogen and oxygen atoms in total. The van der Waals surface area contributed by atoms with Gasteiger partial charge in [0.2, 0.25) is 11.2 Å². The van der Waals surface area contributed by atoms with Crippen molar-refractivity contribution in [2.75, 3.05) is 11.9 Å². The van der Waals surface area contributed by atoms with Crippen LogP contribution in [0.5, 0.6) is 0 Å². The monoisotopic (exact) mass is 304 g/mol. The second-order valence-corrected chi connectivity index (χ2v) is 4.66. The van der Waals surface area contributed by atoms with Crippen LogP contribution in [0.3, 0.4) is 0 Å². The number of amides is 1. The molecule has 1 saturated heterocycles. The number of anilines is 1. The van der Waals surface area contributed by atoms with E-state index >= 15 is 0 Å². The molecule has 1 atom stereocenters. The second-order valence-electron chi connectivity index (χ2n) is 3.47. The van der Waals surface area contributed by atoms with Crippen molar-refractivity contribution in [1.29, 1.82) is 0 Å². The number of hydrogen-bond donors (Lipinski definition) is 2. The smallest absolute Gasteiger partial charge is 0.242 e. The van der Waals surface area contributed by atoms with Crippen LogP contribution in [0.4, 0.5) is 5.82 Å². The molecule has 2 rings (SSSR count). The maximum atomic E-state index is 11.5. The molecule has 0 radical (unpaired) electrons. The summed E-state index contributed by atoms with van der Waals surface area (Å²) in [5.74, 6) is 0.537. The Hall–Kier alpha value is -0.880. The van der Waals surface area contributed by atoms with E-state index in [1.165, 1.54) is 0 Å². The molecule has 0 aromatic carbocycles. The van der Waals surface area contributed by atoms with Crippen molar-refractivity contribution in [1.82, 2.24) is 15.3 Å². The van der Waals surface area contributed by atoms with Crippen LogP contribution >= 0.6 is 27.5 Å². The van der Waals surface area contributed by atoms with Gasteiger partial charge in [-0.25, -0.2) is 4.98 Å². The number of hydrogen-bond acceptors (Lipinski definition) is 4. The summed E-state index contributed by atoms with van der Waals surface area (Å²) in [6.45, 7) is 0.739. The van der Waals surface area contributed by atoms with E-state index in [2.05, 4.69) is 36.5 Å². The fraction of sp³-hybridized carbons (Fsp3) is 0.444. The molecule has 2 N–H and O–H groups in total. The van der Waals surface area contributed by atoms with Crippen LogP contribution in [0.2, 0.25) is 5.28 Å². The largest absolute Gasteiger partial charge is 0.357 e. The zero-order chi connectivity index (χ0) is 11.5. The lowest BCUT2D eigenvalue weighted by Gasteiger charge is -2.23. The maximum absolute atomic E-state index is 11.5. The molecule has 1 fully saturated rings. The molecular weight excluding hydrogens is 295 g/mol. The number of nitrogens with one attached hydrogen (secondary N) is 2. The summed E-state index contributed by atoms with van der Waals surface area (Å²) in [7, 11) is 0. The van der Waals surface area contributed by atoms with Crippen molar-refractivity contribution < 1.29 is 4.79 Å². The highest BCUT2D eigenvalue weighted by atomic mass is 79.9. The Labute approximate surface area is 106 Å². The minimum Gasteiger partial charge on any atom is -0.357 e. The minimum atomic E-state index is -0.254. The summed E-state index contributed by atoms with van der Waals surface area (Å²) < 4.78 is 0.690. The number of rotatable bonds is 2. The lowest BCUT2D eigenvalue weighted by molar-refractivity contribution is -0.123. The highest BCUT2D eigenvalue weighted by Crippen LogP contribution is 2.22. The van der Waals surface area contributed by atoms with Crippen LogP contribution in [-0.4, -0.2) is 28.5 Å². The van der Waals surface area contributed by atoms with E-state index in [4.69, 9.17) is 11.6 Å². The molecule has 2 heterocycles. The number of piperidine rings is 1. The van der Waals surface area contributed by atoms with Crippen molar-refractivity contribution in [3.63, 3.8) is 0 Å². The standard InChI is InChI=1S/C9H10BrClN4O/c10-5-4-13-9(11)15-7(5)14-6-2-1-3-12-8(6)16/h4,6H,1-3H2,(H,12,16)(H,13,14,15). The quantitative estimate of drug-likeness (QED) is 0.814. The van der Waals surface area contributed by atoms with Crippen LogP contribution in [0.1, 0.15) is 12.8 Å². The third-order valence-corrected chi connectivity index (χ3v) is 3.07. The van der Waals surface area contributed by atoms with Gasteiger partial charge in [-0.2, -0.15) is 4.98 Å². The summed E-state index contributed by atoms with van der Waals surface area (Å²) in [6, 6.07) is -0.254. The molecule has 1 unspecified atom stereocenters. The fourth-order valence-corrected chi connectivity index (χ4v) is 1.96. The molecule has 1 aromatic rings. The molecule has 0 aliphatic carbocycles. The molecule has 1 amide bonds. The van der Waals surface area contributed by atoms with E-state index in [9.17, 15) is 4.79 Å². The molecule has 1 aromatic heterocycles. The first-order chi connectivity index (χ1) is 7.66. The highest BCUT2D eigenvalue weighted by Gasteiger charge is 2.22. The van der Waals surface area contributed by atoms with Gasteiger partial charge in [-0.15, -0.1) is 0 Å². The van der Waals surface area contributed by atoms with E-state index in [1.807, 2.05) is 0 Å². The van der Waals surface area contributed by atoms with Gasteiger partial charge >= 0.3 is 0 Å². The Kier molecular flexibility index (Phi) is 3.60. The Morgan fingerprint density at radius 3 is 3.19 bits per heavy atom. The van der Waals surface area contributed by atoms with E-state index in [0.717, 1.165) is 19.4 Å². The van der Waals surface area contributed by atoms with Crippen molar-refractivity contribution in [3.8, 4) is 0 Å². The third kappa shape index (κ3) is 2.62. The van der Waals surface area contributed by atoms with Gasteiger partial charge < -0.3 is 10.6 Å². The molecule has 7 heteroatoms. The summed E-state index contributed by atoms with van der Waals surface area (Å²) in [5.41, 5.74) is 0. The zero-order valence-corrected chi connectivity index (χ0v) is 10.7. The lowest BCUT2D eigenvalue weighted by atomic mass is 10.1. The topological polar surface area (TPSA) is 66.9 Å². The van der Waals surface area contributed by atoms with Gasteiger partial charge in [0.15, 0.2) is 0 Å². The maximum Gasteiger partial charge on any atom is 0.242 e. The first kappa shape index (κ1) is 11.6. The molecule has 0 spiro atoms. The third-order valence-electron chi connectivity index (χ3n) is 2.31. The number of halogens is 2. The van der Waals surface area contributed by atoms with Crippen molar-refractivity contribution in [2.45, 2.75) is 18.9 Å². The molecule has 0 bridgehead atoms. The number of carbonyl (C=O) groups is 1. The first-order valence-electron chi connectivity index (χ1n) is 4.89. The van der Waals surface area contributed by atoms with Gasteiger partial charge in [0.25, 0.3) is 0 Å². The summed E-state index contributed by atoms with van der Waals surface area (Å²) >= 11 is 8.99. The average molecular weight is 306 g/mol. The second kappa shape index (κ2) is 4.97. The van der Waals surface area contributed by atoms with Gasteiger partial charge in [0, 0.05) is 12.7 Å². The van der Waals surface area contributed by atoms with Crippen molar-refractivity contribution in [2.24, 2.45) is 0 Å². The normalized spacial score (nSPS) is 20.4. The fourth-order valence-electron chi connectivity index (χ4n) is 1.52. The van der Waals surface area contributed by atoms with Crippen molar-refractivity contribution in [3.05, 3.63) is 16.0 Å². The number of nitrogens with zero attached hydrogens (tertiary/aromatic N) is 2. The summed E-state index contributed by atoms with van der Waals surface area (Å²) in [4.78, 5) is 19.4. The molecule has 1 aliphatic rings. The Morgan fingerprint density at radius 2 is 2.44 bits per heavy atom. The Morgan fingerprint density at radius 1 is 1.62 bits per heavy atom. The average Bonchev–Trinajstić information content (AvgIpc) is 2.27. The van der Waals surface area contributed by atoms with Crippen LogP contribution in [0.25, 0.3) is 0 Å². The lowest BCUT2D eigenvalue weighted by Crippen LogP contribution is -2.44.